The molecule has 2 N–H and O–H groups in total. The van der Waals surface area contributed by atoms with Crippen molar-refractivity contribution in [1.29, 1.82) is 0 Å². The fourth-order valence-corrected chi connectivity index (χ4v) is 5.89. The summed E-state index contributed by atoms with van der Waals surface area (Å²) in [6.45, 7) is 5.27. The predicted octanol–water partition coefficient (Wildman–Crippen LogP) is 6.04. The SMILES string of the molecule is CCC(C)CCCN1C(=O)C(CCC2CCCCC2)(CC2CCCCC2)N=C1N. The third-order valence-corrected chi connectivity index (χ3v) is 8.07. The lowest BCUT2D eigenvalue weighted by molar-refractivity contribution is -0.132. The van der Waals surface area contributed by atoms with Crippen molar-refractivity contribution < 1.29 is 4.79 Å². The Morgan fingerprint density at radius 1 is 1.07 bits per heavy atom. The minimum Gasteiger partial charge on any atom is -0.369 e. The van der Waals surface area contributed by atoms with Gasteiger partial charge in [0, 0.05) is 6.54 Å². The summed E-state index contributed by atoms with van der Waals surface area (Å²) < 4.78 is 0. The number of hydrogen-bond acceptors (Lipinski definition) is 3. The maximum Gasteiger partial charge on any atom is 0.257 e. The monoisotopic (exact) mass is 403 g/mol. The van der Waals surface area contributed by atoms with Crippen LogP contribution < -0.4 is 5.73 Å². The summed E-state index contributed by atoms with van der Waals surface area (Å²) in [5.41, 5.74) is 5.81. The van der Waals surface area contributed by atoms with Crippen LogP contribution >= 0.6 is 0 Å². The van der Waals surface area contributed by atoms with Gasteiger partial charge in [-0.25, -0.2) is 4.99 Å². The number of carbonyl (C=O) groups excluding carboxylic acids is 1. The van der Waals surface area contributed by atoms with Gasteiger partial charge in [0.2, 0.25) is 0 Å². The number of carbonyl (C=O) groups is 1. The van der Waals surface area contributed by atoms with Crippen LogP contribution in [0.4, 0.5) is 0 Å². The molecule has 2 saturated carbocycles. The van der Waals surface area contributed by atoms with Crippen molar-refractivity contribution in [3.05, 3.63) is 0 Å². The molecular weight excluding hydrogens is 358 g/mol. The van der Waals surface area contributed by atoms with E-state index in [1.54, 1.807) is 0 Å². The quantitative estimate of drug-likeness (QED) is 0.483. The Labute approximate surface area is 179 Å². The molecular formula is C25H45N3O. The molecule has 0 spiro atoms. The predicted molar refractivity (Wildman–Crippen MR) is 122 cm³/mol. The van der Waals surface area contributed by atoms with Crippen LogP contribution in [0.25, 0.3) is 0 Å². The lowest BCUT2D eigenvalue weighted by Crippen LogP contribution is -2.46. The Hall–Kier alpha value is -1.06. The highest BCUT2D eigenvalue weighted by Crippen LogP contribution is 2.40. The molecule has 0 aromatic heterocycles. The van der Waals surface area contributed by atoms with Gasteiger partial charge in [-0.05, 0) is 49.9 Å². The molecule has 0 bridgehead atoms. The van der Waals surface area contributed by atoms with E-state index in [2.05, 4.69) is 13.8 Å². The molecule has 0 radical (unpaired) electrons. The Balaban J connectivity index is 1.66. The Kier molecular flexibility index (Phi) is 8.44. The lowest BCUT2D eigenvalue weighted by atomic mass is 9.75. The number of nitrogens with two attached hydrogens (primary N) is 1. The fourth-order valence-electron chi connectivity index (χ4n) is 5.89. The van der Waals surface area contributed by atoms with Crippen LogP contribution in [0.15, 0.2) is 4.99 Å². The number of guanidine groups is 1. The van der Waals surface area contributed by atoms with Gasteiger partial charge in [-0.15, -0.1) is 0 Å². The number of nitrogens with zero attached hydrogens (tertiary/aromatic N) is 2. The Bertz CT molecular complexity index is 548. The molecule has 2 atom stereocenters. The van der Waals surface area contributed by atoms with E-state index in [1.807, 2.05) is 4.90 Å². The average molecular weight is 404 g/mol. The minimum absolute atomic E-state index is 0.223. The standard InChI is InChI=1S/C25H45N3O/c1-3-20(2)11-10-18-28-23(29)25(27-24(28)26,19-22-14-8-5-9-15-22)17-16-21-12-6-4-7-13-21/h20-22H,3-19H2,1-2H3,(H2,26,27). The molecule has 2 aliphatic carbocycles. The van der Waals surface area contributed by atoms with Crippen molar-refractivity contribution in [3.8, 4) is 0 Å². The first kappa shape index (κ1) is 22.6. The highest BCUT2D eigenvalue weighted by molar-refractivity contribution is 6.06. The van der Waals surface area contributed by atoms with Gasteiger partial charge in [0.25, 0.3) is 5.91 Å². The summed E-state index contributed by atoms with van der Waals surface area (Å²) in [7, 11) is 0. The highest BCUT2D eigenvalue weighted by Gasteiger charge is 2.48. The third kappa shape index (κ3) is 5.98. The van der Waals surface area contributed by atoms with E-state index >= 15 is 0 Å². The van der Waals surface area contributed by atoms with E-state index in [0.29, 0.717) is 17.8 Å². The molecule has 0 saturated heterocycles. The smallest absolute Gasteiger partial charge is 0.257 e. The van der Waals surface area contributed by atoms with Gasteiger partial charge in [-0.2, -0.15) is 0 Å². The van der Waals surface area contributed by atoms with Crippen molar-refractivity contribution in [3.63, 3.8) is 0 Å². The second-order valence-corrected chi connectivity index (χ2v) is 10.4. The van der Waals surface area contributed by atoms with E-state index in [0.717, 1.165) is 44.6 Å². The zero-order valence-electron chi connectivity index (χ0n) is 19.1. The number of amides is 1. The van der Waals surface area contributed by atoms with Crippen LogP contribution in [0.5, 0.6) is 0 Å². The zero-order chi connectivity index (χ0) is 20.7. The van der Waals surface area contributed by atoms with E-state index in [4.69, 9.17) is 10.7 Å². The van der Waals surface area contributed by atoms with Gasteiger partial charge in [0.15, 0.2) is 5.96 Å². The van der Waals surface area contributed by atoms with Gasteiger partial charge in [-0.3, -0.25) is 9.69 Å². The second kappa shape index (κ2) is 10.8. The summed E-state index contributed by atoms with van der Waals surface area (Å²) in [6.07, 6.45) is 19.7. The molecule has 0 aromatic carbocycles. The molecule has 1 heterocycles. The third-order valence-electron chi connectivity index (χ3n) is 8.07. The Morgan fingerprint density at radius 3 is 2.31 bits per heavy atom. The molecule has 29 heavy (non-hydrogen) atoms. The van der Waals surface area contributed by atoms with Crippen molar-refractivity contribution in [2.24, 2.45) is 28.5 Å². The molecule has 166 valence electrons. The van der Waals surface area contributed by atoms with Crippen LogP contribution in [-0.4, -0.2) is 28.9 Å². The molecule has 2 fully saturated rings. The molecule has 3 aliphatic rings. The number of aliphatic imine (C=N–C) groups is 1. The molecule has 0 aromatic rings. The average Bonchev–Trinajstić information content (AvgIpc) is 2.98. The first-order valence-electron chi connectivity index (χ1n) is 12.7. The highest BCUT2D eigenvalue weighted by atomic mass is 16.2. The van der Waals surface area contributed by atoms with Crippen molar-refractivity contribution in [2.75, 3.05) is 6.54 Å². The maximum atomic E-state index is 13.7. The van der Waals surface area contributed by atoms with E-state index < -0.39 is 5.54 Å². The summed E-state index contributed by atoms with van der Waals surface area (Å²) in [5, 5.41) is 0. The van der Waals surface area contributed by atoms with Crippen molar-refractivity contribution >= 4 is 11.9 Å². The first-order chi connectivity index (χ1) is 14.0. The van der Waals surface area contributed by atoms with Gasteiger partial charge in [0.1, 0.15) is 5.54 Å². The second-order valence-electron chi connectivity index (χ2n) is 10.4. The van der Waals surface area contributed by atoms with Gasteiger partial charge < -0.3 is 5.73 Å². The van der Waals surface area contributed by atoms with Crippen LogP contribution in [0, 0.1) is 17.8 Å². The summed E-state index contributed by atoms with van der Waals surface area (Å²) >= 11 is 0. The molecule has 2 unspecified atom stereocenters. The normalized spacial score (nSPS) is 28.0. The number of hydrogen-bond donors (Lipinski definition) is 1. The molecule has 1 aliphatic heterocycles. The first-order valence-corrected chi connectivity index (χ1v) is 12.7. The van der Waals surface area contributed by atoms with E-state index in [-0.39, 0.29) is 5.91 Å². The fraction of sp³-hybridized carbons (Fsp3) is 0.920. The Morgan fingerprint density at radius 2 is 1.69 bits per heavy atom. The minimum atomic E-state index is -0.556. The van der Waals surface area contributed by atoms with Crippen molar-refractivity contribution in [2.45, 2.75) is 122 Å². The van der Waals surface area contributed by atoms with Gasteiger partial charge in [0.05, 0.1) is 0 Å². The zero-order valence-corrected chi connectivity index (χ0v) is 19.1. The van der Waals surface area contributed by atoms with Gasteiger partial charge in [-0.1, -0.05) is 84.5 Å². The summed E-state index contributed by atoms with van der Waals surface area (Å²) in [4.78, 5) is 20.4. The molecule has 3 rings (SSSR count). The van der Waals surface area contributed by atoms with Crippen LogP contribution in [0.1, 0.15) is 117 Å². The number of rotatable bonds is 10. The van der Waals surface area contributed by atoms with Crippen LogP contribution in [-0.2, 0) is 4.79 Å². The van der Waals surface area contributed by atoms with Crippen LogP contribution in [0.3, 0.4) is 0 Å². The summed E-state index contributed by atoms with van der Waals surface area (Å²) in [5.74, 6) is 2.87. The molecule has 1 amide bonds. The molecule has 4 heteroatoms. The van der Waals surface area contributed by atoms with Gasteiger partial charge >= 0.3 is 0 Å². The van der Waals surface area contributed by atoms with Crippen molar-refractivity contribution in [1.82, 2.24) is 4.90 Å². The van der Waals surface area contributed by atoms with E-state index in [9.17, 15) is 4.79 Å². The summed E-state index contributed by atoms with van der Waals surface area (Å²) in [6, 6.07) is 0. The maximum absolute atomic E-state index is 13.7. The molecule has 4 nitrogen and oxygen atoms in total. The largest absolute Gasteiger partial charge is 0.369 e. The van der Waals surface area contributed by atoms with E-state index in [1.165, 1.54) is 70.6 Å². The lowest BCUT2D eigenvalue weighted by Gasteiger charge is -2.33. The van der Waals surface area contributed by atoms with Crippen LogP contribution in [0.2, 0.25) is 0 Å². The topological polar surface area (TPSA) is 58.7 Å².